The summed E-state index contributed by atoms with van der Waals surface area (Å²) in [5.74, 6) is -0.188. The molecule has 2 rings (SSSR count). The van der Waals surface area contributed by atoms with E-state index < -0.39 is 10.0 Å². The van der Waals surface area contributed by atoms with Gasteiger partial charge >= 0.3 is 0 Å². The Bertz CT molecular complexity index is 644. The number of amides is 1. The van der Waals surface area contributed by atoms with Crippen molar-refractivity contribution in [2.45, 2.75) is 25.2 Å². The van der Waals surface area contributed by atoms with Gasteiger partial charge in [-0.25, -0.2) is 8.42 Å². The highest BCUT2D eigenvalue weighted by Gasteiger charge is 2.37. The number of hydrogen-bond donors (Lipinski definition) is 0. The number of rotatable bonds is 5. The summed E-state index contributed by atoms with van der Waals surface area (Å²) in [4.78, 5) is 14.4. The van der Waals surface area contributed by atoms with Crippen LogP contribution in [0.25, 0.3) is 0 Å². The first-order valence-corrected chi connectivity index (χ1v) is 9.68. The fourth-order valence-electron chi connectivity index (χ4n) is 2.73. The van der Waals surface area contributed by atoms with Gasteiger partial charge in [-0.05, 0) is 48.3 Å². The van der Waals surface area contributed by atoms with Gasteiger partial charge in [-0.1, -0.05) is 12.1 Å². The maximum absolute atomic E-state index is 12.7. The fourth-order valence-corrected chi connectivity index (χ4v) is 5.20. The van der Waals surface area contributed by atoms with Crippen LogP contribution in [0.4, 0.5) is 0 Å². The molecule has 1 aromatic carbocycles. The van der Waals surface area contributed by atoms with Gasteiger partial charge < -0.3 is 4.90 Å². The van der Waals surface area contributed by atoms with Crippen LogP contribution in [0.15, 0.2) is 33.6 Å². The van der Waals surface area contributed by atoms with Crippen LogP contribution >= 0.6 is 15.9 Å². The highest BCUT2D eigenvalue weighted by atomic mass is 79.9. The van der Waals surface area contributed by atoms with Crippen LogP contribution in [0.5, 0.6) is 0 Å². The smallest absolute Gasteiger partial charge is 0.244 e. The fraction of sp³-hybridized carbons (Fsp3) is 0.533. The SMILES string of the molecule is CCN(CC)C(=O)C1CCN(S(=O)(=O)c2ccccc2Br)C1. The average Bonchev–Trinajstić information content (AvgIpc) is 2.99. The number of benzene rings is 1. The molecule has 1 unspecified atom stereocenters. The lowest BCUT2D eigenvalue weighted by Crippen LogP contribution is -2.38. The Morgan fingerprint density at radius 3 is 2.55 bits per heavy atom. The first kappa shape index (κ1) is 17.4. The molecule has 0 saturated carbocycles. The molecule has 1 aliphatic rings. The number of carbonyl (C=O) groups is 1. The zero-order chi connectivity index (χ0) is 16.3. The Kier molecular flexibility index (Phi) is 5.63. The summed E-state index contributed by atoms with van der Waals surface area (Å²) < 4.78 is 27.4. The summed E-state index contributed by atoms with van der Waals surface area (Å²) in [6.45, 7) is 5.84. The number of carbonyl (C=O) groups excluding carboxylic acids is 1. The normalized spacial score (nSPS) is 19.3. The van der Waals surface area contributed by atoms with E-state index in [-0.39, 0.29) is 23.3 Å². The van der Waals surface area contributed by atoms with Crippen LogP contribution in [0.1, 0.15) is 20.3 Å². The molecular weight excluding hydrogens is 368 g/mol. The summed E-state index contributed by atoms with van der Waals surface area (Å²) in [6, 6.07) is 6.77. The third-order valence-electron chi connectivity index (χ3n) is 4.03. The van der Waals surface area contributed by atoms with E-state index in [0.29, 0.717) is 30.5 Å². The Hall–Kier alpha value is -0.920. The summed E-state index contributed by atoms with van der Waals surface area (Å²) in [5, 5.41) is 0. The molecule has 1 heterocycles. The molecule has 0 radical (unpaired) electrons. The van der Waals surface area contributed by atoms with Crippen molar-refractivity contribution in [3.63, 3.8) is 0 Å². The molecule has 1 fully saturated rings. The van der Waals surface area contributed by atoms with Gasteiger partial charge in [0.05, 0.1) is 10.8 Å². The number of hydrogen-bond acceptors (Lipinski definition) is 3. The van der Waals surface area contributed by atoms with E-state index in [1.54, 1.807) is 29.2 Å². The van der Waals surface area contributed by atoms with Gasteiger partial charge in [0.2, 0.25) is 15.9 Å². The Morgan fingerprint density at radius 1 is 1.32 bits per heavy atom. The minimum absolute atomic E-state index is 0.0508. The van der Waals surface area contributed by atoms with Gasteiger partial charge in [0.1, 0.15) is 0 Å². The molecule has 0 N–H and O–H groups in total. The van der Waals surface area contributed by atoms with E-state index in [2.05, 4.69) is 15.9 Å². The van der Waals surface area contributed by atoms with Crippen molar-refractivity contribution in [2.24, 2.45) is 5.92 Å². The van der Waals surface area contributed by atoms with Gasteiger partial charge in [0.15, 0.2) is 0 Å². The molecular formula is C15H21BrN2O3S. The van der Waals surface area contributed by atoms with Crippen LogP contribution < -0.4 is 0 Å². The van der Waals surface area contributed by atoms with E-state index in [9.17, 15) is 13.2 Å². The predicted octanol–water partition coefficient (Wildman–Crippen LogP) is 2.33. The maximum atomic E-state index is 12.7. The van der Waals surface area contributed by atoms with Crippen LogP contribution in [0, 0.1) is 5.92 Å². The van der Waals surface area contributed by atoms with Gasteiger partial charge in [-0.3, -0.25) is 4.79 Å². The largest absolute Gasteiger partial charge is 0.343 e. The van der Waals surface area contributed by atoms with Crippen molar-refractivity contribution in [2.75, 3.05) is 26.2 Å². The Labute approximate surface area is 140 Å². The molecule has 1 amide bonds. The minimum Gasteiger partial charge on any atom is -0.343 e. The lowest BCUT2D eigenvalue weighted by molar-refractivity contribution is -0.134. The monoisotopic (exact) mass is 388 g/mol. The van der Waals surface area contributed by atoms with Gasteiger partial charge in [-0.2, -0.15) is 4.31 Å². The average molecular weight is 389 g/mol. The first-order chi connectivity index (χ1) is 10.4. The predicted molar refractivity (Wildman–Crippen MR) is 88.9 cm³/mol. The number of sulfonamides is 1. The summed E-state index contributed by atoms with van der Waals surface area (Å²) in [7, 11) is -3.56. The van der Waals surface area contributed by atoms with Gasteiger partial charge in [-0.15, -0.1) is 0 Å². The Morgan fingerprint density at radius 2 is 1.95 bits per heavy atom. The second-order valence-electron chi connectivity index (χ2n) is 5.29. The minimum atomic E-state index is -3.56. The van der Waals surface area contributed by atoms with E-state index in [1.807, 2.05) is 13.8 Å². The summed E-state index contributed by atoms with van der Waals surface area (Å²) >= 11 is 3.29. The molecule has 1 aromatic rings. The first-order valence-electron chi connectivity index (χ1n) is 7.45. The molecule has 0 spiro atoms. The summed E-state index contributed by atoms with van der Waals surface area (Å²) in [6.07, 6.45) is 0.582. The van der Waals surface area contributed by atoms with Gasteiger partial charge in [0.25, 0.3) is 0 Å². The number of halogens is 1. The van der Waals surface area contributed by atoms with E-state index in [4.69, 9.17) is 0 Å². The quantitative estimate of drug-likeness (QED) is 0.777. The van der Waals surface area contributed by atoms with E-state index >= 15 is 0 Å². The molecule has 122 valence electrons. The molecule has 1 saturated heterocycles. The molecule has 5 nitrogen and oxygen atoms in total. The zero-order valence-electron chi connectivity index (χ0n) is 12.8. The standard InChI is InChI=1S/C15H21BrN2O3S/c1-3-17(4-2)15(19)12-9-10-18(11-12)22(20,21)14-8-6-5-7-13(14)16/h5-8,12H,3-4,9-11H2,1-2H3. The van der Waals surface area contributed by atoms with Crippen molar-refractivity contribution in [3.8, 4) is 0 Å². The molecule has 0 aromatic heterocycles. The third kappa shape index (κ3) is 3.36. The second-order valence-corrected chi connectivity index (χ2v) is 8.05. The molecule has 1 aliphatic heterocycles. The van der Waals surface area contributed by atoms with E-state index in [1.165, 1.54) is 4.31 Å². The second kappa shape index (κ2) is 7.10. The zero-order valence-corrected chi connectivity index (χ0v) is 15.2. The Balaban J connectivity index is 2.16. The highest BCUT2D eigenvalue weighted by molar-refractivity contribution is 9.10. The van der Waals surface area contributed by atoms with E-state index in [0.717, 1.165) is 0 Å². The topological polar surface area (TPSA) is 57.7 Å². The molecule has 7 heteroatoms. The van der Waals surface area contributed by atoms with Crippen molar-refractivity contribution in [3.05, 3.63) is 28.7 Å². The molecule has 0 aliphatic carbocycles. The molecule has 0 bridgehead atoms. The van der Waals surface area contributed by atoms with Crippen molar-refractivity contribution >= 4 is 31.9 Å². The van der Waals surface area contributed by atoms with Crippen molar-refractivity contribution < 1.29 is 13.2 Å². The highest BCUT2D eigenvalue weighted by Crippen LogP contribution is 2.29. The van der Waals surface area contributed by atoms with Gasteiger partial charge in [0, 0.05) is 30.7 Å². The van der Waals surface area contributed by atoms with Crippen LogP contribution in [0.2, 0.25) is 0 Å². The van der Waals surface area contributed by atoms with Crippen LogP contribution in [0.3, 0.4) is 0 Å². The van der Waals surface area contributed by atoms with Crippen molar-refractivity contribution in [1.29, 1.82) is 0 Å². The van der Waals surface area contributed by atoms with Crippen molar-refractivity contribution in [1.82, 2.24) is 9.21 Å². The lowest BCUT2D eigenvalue weighted by Gasteiger charge is -2.23. The summed E-state index contributed by atoms with van der Waals surface area (Å²) in [5.41, 5.74) is 0. The maximum Gasteiger partial charge on any atom is 0.244 e. The lowest BCUT2D eigenvalue weighted by atomic mass is 10.1. The molecule has 1 atom stereocenters. The van der Waals surface area contributed by atoms with Crippen LogP contribution in [-0.2, 0) is 14.8 Å². The number of nitrogens with zero attached hydrogens (tertiary/aromatic N) is 2. The third-order valence-corrected chi connectivity index (χ3v) is 6.91. The molecule has 22 heavy (non-hydrogen) atoms. The van der Waals surface area contributed by atoms with Crippen LogP contribution in [-0.4, -0.2) is 49.7 Å².